The summed E-state index contributed by atoms with van der Waals surface area (Å²) in [5, 5.41) is 0. The fraction of sp³-hybridized carbons (Fsp3) is 0.909. The molecule has 1 saturated carbocycles. The number of piperazine rings is 1. The Hall–Kier alpha value is -1.12. The maximum atomic E-state index is 13.0. The Morgan fingerprint density at radius 3 is 2.26 bits per heavy atom. The molecule has 0 aromatic carbocycles. The molecular formula is C22H38N4O. The molecule has 3 rings (SSSR count). The van der Waals surface area contributed by atoms with Gasteiger partial charge >= 0.3 is 0 Å². The van der Waals surface area contributed by atoms with Crippen molar-refractivity contribution in [1.29, 1.82) is 0 Å². The number of carbonyl (C=O) groups excluding carboxylic acids is 1. The smallest absolute Gasteiger partial charge is 0.236 e. The Morgan fingerprint density at radius 1 is 1.04 bits per heavy atom. The standard InChI is InChI=1S/C22H38N4O/c1-16(2)18-6-8-20(9-7-18)24-10-11-26(21(15-24)12-23-5)22(27)19-13-25(14-19)17(3)4/h16-21H,6-15H2,1-4H3/t18?,20?,21-/m1/s1. The lowest BCUT2D eigenvalue weighted by molar-refractivity contribution is -0.147. The van der Waals surface area contributed by atoms with Gasteiger partial charge in [-0.2, -0.15) is 0 Å². The third-order valence-corrected chi connectivity index (χ3v) is 7.29. The van der Waals surface area contributed by atoms with Crippen molar-refractivity contribution in [1.82, 2.24) is 14.7 Å². The Morgan fingerprint density at radius 2 is 1.70 bits per heavy atom. The Labute approximate surface area is 165 Å². The zero-order valence-electron chi connectivity index (χ0n) is 17.7. The van der Waals surface area contributed by atoms with Crippen LogP contribution in [0.1, 0.15) is 53.4 Å². The van der Waals surface area contributed by atoms with Gasteiger partial charge in [-0.05, 0) is 51.4 Å². The van der Waals surface area contributed by atoms with Crippen LogP contribution in [0.2, 0.25) is 0 Å². The van der Waals surface area contributed by atoms with E-state index in [9.17, 15) is 4.79 Å². The van der Waals surface area contributed by atoms with Gasteiger partial charge in [-0.1, -0.05) is 13.8 Å². The molecule has 1 atom stereocenters. The predicted molar refractivity (Wildman–Crippen MR) is 109 cm³/mol. The van der Waals surface area contributed by atoms with Crippen LogP contribution < -0.4 is 0 Å². The molecular weight excluding hydrogens is 336 g/mol. The van der Waals surface area contributed by atoms with Crippen LogP contribution in [0.4, 0.5) is 0 Å². The Balaban J connectivity index is 1.54. The topological polar surface area (TPSA) is 31.1 Å². The largest absolute Gasteiger partial charge is 0.329 e. The van der Waals surface area contributed by atoms with E-state index in [1.165, 1.54) is 25.7 Å². The molecule has 0 bridgehead atoms. The van der Waals surface area contributed by atoms with Gasteiger partial charge in [0.15, 0.2) is 0 Å². The average molecular weight is 375 g/mol. The van der Waals surface area contributed by atoms with Crippen molar-refractivity contribution < 1.29 is 4.79 Å². The van der Waals surface area contributed by atoms with Gasteiger partial charge in [0.25, 0.3) is 0 Å². The summed E-state index contributed by atoms with van der Waals surface area (Å²) < 4.78 is 0. The van der Waals surface area contributed by atoms with Gasteiger partial charge < -0.3 is 9.74 Å². The monoisotopic (exact) mass is 374 g/mol. The zero-order chi connectivity index (χ0) is 19.6. The summed E-state index contributed by atoms with van der Waals surface area (Å²) in [7, 11) is 0. The maximum Gasteiger partial charge on any atom is 0.236 e. The molecule has 5 nitrogen and oxygen atoms in total. The van der Waals surface area contributed by atoms with Gasteiger partial charge in [0.05, 0.1) is 5.92 Å². The number of carbonyl (C=O) groups is 1. The van der Waals surface area contributed by atoms with E-state index in [1.807, 2.05) is 0 Å². The number of nitrogens with zero attached hydrogens (tertiary/aromatic N) is 4. The summed E-state index contributed by atoms with van der Waals surface area (Å²) in [6, 6.07) is 1.26. The maximum absolute atomic E-state index is 13.0. The third-order valence-electron chi connectivity index (χ3n) is 7.29. The first-order valence-corrected chi connectivity index (χ1v) is 11.0. The second-order valence-electron chi connectivity index (χ2n) is 9.58. The number of amides is 1. The summed E-state index contributed by atoms with van der Waals surface area (Å²) >= 11 is 0. The van der Waals surface area contributed by atoms with Gasteiger partial charge in [-0.25, -0.2) is 6.57 Å². The first-order valence-electron chi connectivity index (χ1n) is 11.0. The molecule has 5 heteroatoms. The van der Waals surface area contributed by atoms with Crippen LogP contribution in [0.5, 0.6) is 0 Å². The molecule has 3 fully saturated rings. The van der Waals surface area contributed by atoms with Gasteiger partial charge in [0.2, 0.25) is 12.5 Å². The third kappa shape index (κ3) is 4.66. The molecule has 2 heterocycles. The second kappa shape index (κ2) is 8.92. The summed E-state index contributed by atoms with van der Waals surface area (Å²) in [5.41, 5.74) is 0. The van der Waals surface area contributed by atoms with E-state index in [2.05, 4.69) is 47.2 Å². The average Bonchev–Trinajstić information content (AvgIpc) is 2.60. The minimum Gasteiger partial charge on any atom is -0.329 e. The van der Waals surface area contributed by atoms with E-state index in [-0.39, 0.29) is 12.0 Å². The fourth-order valence-corrected chi connectivity index (χ4v) is 5.22. The highest BCUT2D eigenvalue weighted by molar-refractivity contribution is 5.80. The molecule has 0 spiro atoms. The normalized spacial score (nSPS) is 31.1. The zero-order valence-corrected chi connectivity index (χ0v) is 17.7. The molecule has 0 unspecified atom stereocenters. The van der Waals surface area contributed by atoms with E-state index >= 15 is 0 Å². The number of hydrogen-bond donors (Lipinski definition) is 0. The molecule has 27 heavy (non-hydrogen) atoms. The van der Waals surface area contributed by atoms with Crippen molar-refractivity contribution in [2.24, 2.45) is 17.8 Å². The number of likely N-dealkylation sites (tertiary alicyclic amines) is 1. The Bertz CT molecular complexity index is 541. The highest BCUT2D eigenvalue weighted by Gasteiger charge is 2.42. The van der Waals surface area contributed by atoms with Crippen molar-refractivity contribution in [2.75, 3.05) is 39.3 Å². The van der Waals surface area contributed by atoms with Crippen LogP contribution in [0.3, 0.4) is 0 Å². The van der Waals surface area contributed by atoms with E-state index in [0.717, 1.165) is 44.6 Å². The molecule has 152 valence electrons. The fourth-order valence-electron chi connectivity index (χ4n) is 5.22. The second-order valence-corrected chi connectivity index (χ2v) is 9.58. The van der Waals surface area contributed by atoms with E-state index < -0.39 is 0 Å². The van der Waals surface area contributed by atoms with E-state index in [0.29, 0.717) is 24.5 Å². The van der Waals surface area contributed by atoms with Crippen LogP contribution in [-0.2, 0) is 4.79 Å². The van der Waals surface area contributed by atoms with E-state index in [1.54, 1.807) is 0 Å². The van der Waals surface area contributed by atoms with Gasteiger partial charge in [-0.15, -0.1) is 0 Å². The minimum absolute atomic E-state index is 0.0830. The molecule has 1 aliphatic carbocycles. The molecule has 0 aromatic heterocycles. The molecule has 0 N–H and O–H groups in total. The number of rotatable bonds is 5. The highest BCUT2D eigenvalue weighted by atomic mass is 16.2. The SMILES string of the molecule is [C-]#[N+]C[C@@H]1CN(C2CCC(C(C)C)CC2)CCN1C(=O)C1CN(C(C)C)C1. The van der Waals surface area contributed by atoms with Crippen molar-refractivity contribution >= 4 is 5.91 Å². The van der Waals surface area contributed by atoms with Crippen molar-refractivity contribution in [3.8, 4) is 0 Å². The molecule has 0 aromatic rings. The quantitative estimate of drug-likeness (QED) is 0.693. The van der Waals surface area contributed by atoms with Crippen molar-refractivity contribution in [3.05, 3.63) is 11.4 Å². The summed E-state index contributed by atoms with van der Waals surface area (Å²) in [4.78, 5) is 23.7. The van der Waals surface area contributed by atoms with Crippen LogP contribution in [-0.4, -0.2) is 78.0 Å². The molecule has 2 aliphatic heterocycles. The first-order chi connectivity index (χ1) is 12.9. The van der Waals surface area contributed by atoms with Crippen molar-refractivity contribution in [2.45, 2.75) is 71.5 Å². The van der Waals surface area contributed by atoms with Crippen molar-refractivity contribution in [3.63, 3.8) is 0 Å². The molecule has 1 amide bonds. The van der Waals surface area contributed by atoms with Crippen LogP contribution in [0.15, 0.2) is 0 Å². The van der Waals surface area contributed by atoms with E-state index in [4.69, 9.17) is 6.57 Å². The van der Waals surface area contributed by atoms with Crippen LogP contribution in [0, 0.1) is 24.3 Å². The minimum atomic E-state index is 0.0830. The predicted octanol–water partition coefficient (Wildman–Crippen LogP) is 2.97. The molecule has 0 radical (unpaired) electrons. The van der Waals surface area contributed by atoms with Gasteiger partial charge in [0, 0.05) is 44.8 Å². The first kappa shape index (κ1) is 20.6. The summed E-state index contributed by atoms with van der Waals surface area (Å²) in [6.07, 6.45) is 5.24. The van der Waals surface area contributed by atoms with Crippen LogP contribution >= 0.6 is 0 Å². The molecule has 2 saturated heterocycles. The molecule has 3 aliphatic rings. The lowest BCUT2D eigenvalue weighted by Crippen LogP contribution is -2.63. The van der Waals surface area contributed by atoms with Gasteiger partial charge in [-0.3, -0.25) is 14.6 Å². The van der Waals surface area contributed by atoms with Crippen LogP contribution in [0.25, 0.3) is 4.85 Å². The summed E-state index contributed by atoms with van der Waals surface area (Å²) in [6.45, 7) is 21.4. The lowest BCUT2D eigenvalue weighted by Gasteiger charge is -2.48. The lowest BCUT2D eigenvalue weighted by atomic mass is 9.79. The summed E-state index contributed by atoms with van der Waals surface area (Å²) in [5.74, 6) is 2.12. The number of hydrogen-bond acceptors (Lipinski definition) is 3. The Kier molecular flexibility index (Phi) is 6.81. The highest BCUT2D eigenvalue weighted by Crippen LogP contribution is 2.33. The van der Waals surface area contributed by atoms with Gasteiger partial charge in [0.1, 0.15) is 6.04 Å².